The molecular formula is C15H11BrFN3. The first-order chi connectivity index (χ1) is 9.61. The second-order valence-electron chi connectivity index (χ2n) is 4.40. The van der Waals surface area contributed by atoms with Gasteiger partial charge >= 0.3 is 0 Å². The summed E-state index contributed by atoms with van der Waals surface area (Å²) in [6.07, 6.45) is 0. The molecule has 3 N–H and O–H groups in total. The van der Waals surface area contributed by atoms with E-state index in [1.807, 2.05) is 30.3 Å². The number of fused-ring (bicyclic) bond motifs is 1. The molecule has 0 unspecified atom stereocenters. The standard InChI is InChI=1S/C15H11BrFN3/c16-12-8-10(17)2-4-14(12)20-15-6-1-9-7-11(18)3-5-13(9)19-15/h1-8H,18H2,(H,19,20). The number of rotatable bonds is 2. The van der Waals surface area contributed by atoms with Crippen LogP contribution in [0.3, 0.4) is 0 Å². The van der Waals surface area contributed by atoms with Crippen LogP contribution in [-0.4, -0.2) is 4.98 Å². The molecular weight excluding hydrogens is 321 g/mol. The molecule has 0 bridgehead atoms. The Labute approximate surface area is 123 Å². The highest BCUT2D eigenvalue weighted by Gasteiger charge is 2.04. The number of nitrogens with one attached hydrogen (secondary N) is 1. The largest absolute Gasteiger partial charge is 0.399 e. The molecule has 2 aromatic carbocycles. The van der Waals surface area contributed by atoms with Crippen LogP contribution in [0.4, 0.5) is 21.6 Å². The lowest BCUT2D eigenvalue weighted by molar-refractivity contribution is 0.627. The second-order valence-corrected chi connectivity index (χ2v) is 5.25. The van der Waals surface area contributed by atoms with Gasteiger partial charge in [0.15, 0.2) is 0 Å². The number of benzene rings is 2. The quantitative estimate of drug-likeness (QED) is 0.681. The van der Waals surface area contributed by atoms with Crippen molar-refractivity contribution in [1.82, 2.24) is 4.98 Å². The zero-order valence-electron chi connectivity index (χ0n) is 10.4. The summed E-state index contributed by atoms with van der Waals surface area (Å²) in [5, 5.41) is 4.13. The second kappa shape index (κ2) is 5.09. The minimum atomic E-state index is -0.288. The monoisotopic (exact) mass is 331 g/mol. The van der Waals surface area contributed by atoms with E-state index in [9.17, 15) is 4.39 Å². The Hall–Kier alpha value is -2.14. The third-order valence-electron chi connectivity index (χ3n) is 2.91. The third-order valence-corrected chi connectivity index (χ3v) is 3.56. The Balaban J connectivity index is 1.96. The molecule has 0 aliphatic heterocycles. The molecule has 20 heavy (non-hydrogen) atoms. The van der Waals surface area contributed by atoms with Crippen molar-refractivity contribution in [2.75, 3.05) is 11.1 Å². The van der Waals surface area contributed by atoms with Gasteiger partial charge in [0.2, 0.25) is 0 Å². The van der Waals surface area contributed by atoms with Crippen LogP contribution in [-0.2, 0) is 0 Å². The molecule has 0 fully saturated rings. The predicted octanol–water partition coefficient (Wildman–Crippen LogP) is 4.46. The fourth-order valence-electron chi connectivity index (χ4n) is 1.94. The molecule has 0 amide bonds. The summed E-state index contributed by atoms with van der Waals surface area (Å²) in [6, 6.07) is 13.8. The van der Waals surface area contributed by atoms with E-state index in [4.69, 9.17) is 5.73 Å². The minimum absolute atomic E-state index is 0.288. The fraction of sp³-hybridized carbons (Fsp3) is 0. The number of nitrogens with zero attached hydrogens (tertiary/aromatic N) is 1. The van der Waals surface area contributed by atoms with Gasteiger partial charge in [-0.3, -0.25) is 0 Å². The molecule has 0 saturated heterocycles. The van der Waals surface area contributed by atoms with Gasteiger partial charge in [0.05, 0.1) is 11.2 Å². The maximum Gasteiger partial charge on any atom is 0.131 e. The third kappa shape index (κ3) is 2.58. The smallest absolute Gasteiger partial charge is 0.131 e. The maximum absolute atomic E-state index is 13.0. The molecule has 100 valence electrons. The summed E-state index contributed by atoms with van der Waals surface area (Å²) in [5.41, 5.74) is 8.05. The number of hydrogen-bond donors (Lipinski definition) is 2. The summed E-state index contributed by atoms with van der Waals surface area (Å²) in [5.74, 6) is 0.402. The molecule has 0 radical (unpaired) electrons. The molecule has 3 nitrogen and oxygen atoms in total. The molecule has 3 rings (SSSR count). The highest BCUT2D eigenvalue weighted by molar-refractivity contribution is 9.10. The first kappa shape index (κ1) is 12.9. The number of aromatic nitrogens is 1. The molecule has 0 spiro atoms. The molecule has 0 atom stereocenters. The van der Waals surface area contributed by atoms with Crippen LogP contribution in [0.25, 0.3) is 10.9 Å². The van der Waals surface area contributed by atoms with E-state index in [1.165, 1.54) is 12.1 Å². The molecule has 5 heteroatoms. The number of nitrogen functional groups attached to an aromatic ring is 1. The van der Waals surface area contributed by atoms with Crippen molar-refractivity contribution in [1.29, 1.82) is 0 Å². The summed E-state index contributed by atoms with van der Waals surface area (Å²) in [7, 11) is 0. The first-order valence-electron chi connectivity index (χ1n) is 6.00. The van der Waals surface area contributed by atoms with Crippen LogP contribution in [0.5, 0.6) is 0 Å². The van der Waals surface area contributed by atoms with Crippen molar-refractivity contribution >= 4 is 44.0 Å². The van der Waals surface area contributed by atoms with Crippen molar-refractivity contribution in [3.63, 3.8) is 0 Å². The number of hydrogen-bond acceptors (Lipinski definition) is 3. The Bertz CT molecular complexity index is 789. The van der Waals surface area contributed by atoms with E-state index in [0.717, 1.165) is 16.6 Å². The van der Waals surface area contributed by atoms with Gasteiger partial charge in [0, 0.05) is 15.5 Å². The van der Waals surface area contributed by atoms with Gasteiger partial charge < -0.3 is 11.1 Å². The first-order valence-corrected chi connectivity index (χ1v) is 6.79. The Morgan fingerprint density at radius 2 is 1.90 bits per heavy atom. The molecule has 1 heterocycles. The highest BCUT2D eigenvalue weighted by Crippen LogP contribution is 2.27. The van der Waals surface area contributed by atoms with E-state index in [2.05, 4.69) is 26.2 Å². The van der Waals surface area contributed by atoms with Crippen LogP contribution in [0.1, 0.15) is 0 Å². The van der Waals surface area contributed by atoms with Crippen molar-refractivity contribution in [2.45, 2.75) is 0 Å². The van der Waals surface area contributed by atoms with Gasteiger partial charge in [0.1, 0.15) is 11.6 Å². The zero-order chi connectivity index (χ0) is 14.1. The van der Waals surface area contributed by atoms with Gasteiger partial charge in [-0.1, -0.05) is 0 Å². The van der Waals surface area contributed by atoms with E-state index in [1.54, 1.807) is 6.07 Å². The number of pyridine rings is 1. The maximum atomic E-state index is 13.0. The predicted molar refractivity (Wildman–Crippen MR) is 83.5 cm³/mol. The molecule has 0 aliphatic rings. The Morgan fingerprint density at radius 1 is 1.05 bits per heavy atom. The van der Waals surface area contributed by atoms with Crippen molar-refractivity contribution in [2.24, 2.45) is 0 Å². The average Bonchev–Trinajstić information content (AvgIpc) is 2.42. The summed E-state index contributed by atoms with van der Waals surface area (Å²) >= 11 is 3.32. The minimum Gasteiger partial charge on any atom is -0.399 e. The van der Waals surface area contributed by atoms with Crippen LogP contribution in [0.2, 0.25) is 0 Å². The molecule has 0 aliphatic carbocycles. The summed E-state index contributed by atoms with van der Waals surface area (Å²) < 4.78 is 13.7. The van der Waals surface area contributed by atoms with Gasteiger partial charge in [-0.15, -0.1) is 0 Å². The van der Waals surface area contributed by atoms with Gasteiger partial charge in [-0.05, 0) is 64.5 Å². The average molecular weight is 332 g/mol. The van der Waals surface area contributed by atoms with Crippen molar-refractivity contribution in [3.05, 3.63) is 58.8 Å². The lowest BCUT2D eigenvalue weighted by Gasteiger charge is -2.09. The van der Waals surface area contributed by atoms with Gasteiger partial charge in [-0.2, -0.15) is 0 Å². The number of nitrogens with two attached hydrogens (primary N) is 1. The lowest BCUT2D eigenvalue weighted by Crippen LogP contribution is -1.95. The van der Waals surface area contributed by atoms with Crippen LogP contribution < -0.4 is 11.1 Å². The number of halogens is 2. The normalized spacial score (nSPS) is 10.7. The molecule has 3 aromatic rings. The van der Waals surface area contributed by atoms with Gasteiger partial charge in [0.25, 0.3) is 0 Å². The van der Waals surface area contributed by atoms with Crippen molar-refractivity contribution in [3.8, 4) is 0 Å². The van der Waals surface area contributed by atoms with Crippen LogP contribution in [0.15, 0.2) is 53.0 Å². The summed E-state index contributed by atoms with van der Waals surface area (Å²) in [4.78, 5) is 4.49. The van der Waals surface area contributed by atoms with Crippen LogP contribution >= 0.6 is 15.9 Å². The van der Waals surface area contributed by atoms with E-state index >= 15 is 0 Å². The zero-order valence-corrected chi connectivity index (χ0v) is 12.0. The molecule has 1 aromatic heterocycles. The Morgan fingerprint density at radius 3 is 2.70 bits per heavy atom. The van der Waals surface area contributed by atoms with Crippen molar-refractivity contribution < 1.29 is 4.39 Å². The Kier molecular flexibility index (Phi) is 3.28. The highest BCUT2D eigenvalue weighted by atomic mass is 79.9. The number of anilines is 3. The van der Waals surface area contributed by atoms with Gasteiger partial charge in [-0.25, -0.2) is 9.37 Å². The lowest BCUT2D eigenvalue weighted by atomic mass is 10.2. The van der Waals surface area contributed by atoms with E-state index < -0.39 is 0 Å². The van der Waals surface area contributed by atoms with Crippen LogP contribution in [0, 0.1) is 5.82 Å². The SMILES string of the molecule is Nc1ccc2nc(Nc3ccc(F)cc3Br)ccc2c1. The fourth-order valence-corrected chi connectivity index (χ4v) is 2.39. The topological polar surface area (TPSA) is 50.9 Å². The summed E-state index contributed by atoms with van der Waals surface area (Å²) in [6.45, 7) is 0. The van der Waals surface area contributed by atoms with E-state index in [-0.39, 0.29) is 5.82 Å². The van der Waals surface area contributed by atoms with E-state index in [0.29, 0.717) is 16.0 Å². The molecule has 0 saturated carbocycles.